The van der Waals surface area contributed by atoms with Gasteiger partial charge in [0.1, 0.15) is 12.4 Å². The van der Waals surface area contributed by atoms with Crippen LogP contribution in [0.1, 0.15) is 44.5 Å². The van der Waals surface area contributed by atoms with Crippen LogP contribution in [0.4, 0.5) is 5.69 Å². The summed E-state index contributed by atoms with van der Waals surface area (Å²) >= 11 is 0. The van der Waals surface area contributed by atoms with Crippen molar-refractivity contribution in [2.45, 2.75) is 33.1 Å². The first-order valence-electron chi connectivity index (χ1n) is 17.3. The highest BCUT2D eigenvalue weighted by molar-refractivity contribution is 5.87. The van der Waals surface area contributed by atoms with Crippen LogP contribution in [0.25, 0.3) is 11.1 Å². The number of methoxy groups -OCH3 is 1. The molecule has 0 N–H and O–H groups in total. The van der Waals surface area contributed by atoms with Gasteiger partial charge in [-0.15, -0.1) is 0 Å². The quantitative estimate of drug-likeness (QED) is 0.0849. The minimum atomic E-state index is -0.501. The van der Waals surface area contributed by atoms with Gasteiger partial charge in [-0.25, -0.2) is 0 Å². The van der Waals surface area contributed by atoms with E-state index in [0.29, 0.717) is 66.1 Å². The third kappa shape index (κ3) is 8.36. The number of fused-ring (bicyclic) bond motifs is 3. The molecule has 0 aliphatic heterocycles. The van der Waals surface area contributed by atoms with Crippen LogP contribution in [-0.2, 0) is 29.1 Å². The Morgan fingerprint density at radius 2 is 1.00 bits per heavy atom. The molecular weight excluding hydrogens is 614 g/mol. The molecule has 7 nitrogen and oxygen atoms in total. The van der Waals surface area contributed by atoms with Crippen molar-refractivity contribution in [1.82, 2.24) is 0 Å². The molecule has 4 aromatic rings. The maximum absolute atomic E-state index is 6.51. The number of nitrogens with zero attached hydrogens (tertiary/aromatic N) is 1. The number of ether oxygens (including phenoxy) is 6. The third-order valence-electron chi connectivity index (χ3n) is 9.30. The smallest absolute Gasteiger partial charge is 0.143 e. The molecule has 0 radical (unpaired) electrons. The normalized spacial score (nSPS) is 13.0. The van der Waals surface area contributed by atoms with Crippen molar-refractivity contribution in [2.24, 2.45) is 0 Å². The fraction of sp³-hybridized carbons (Fsp3) is 0.429. The topological polar surface area (TPSA) is 58.6 Å². The summed E-state index contributed by atoms with van der Waals surface area (Å²) in [6, 6.07) is 27.5. The van der Waals surface area contributed by atoms with E-state index < -0.39 is 5.41 Å². The zero-order valence-electron chi connectivity index (χ0n) is 30.4. The largest absolute Gasteiger partial charge is 0.489 e. The predicted molar refractivity (Wildman–Crippen MR) is 198 cm³/mol. The SMILES string of the molecule is COCCOCCOCCOCCOCCOc1cc(C2(c3ccc(C)c(C)c3)c3cc(C)ccc3-c3ccc(C)cc32)ccc1N(C)C. The second kappa shape index (κ2) is 17.3. The van der Waals surface area contributed by atoms with Crippen LogP contribution in [-0.4, -0.2) is 87.3 Å². The van der Waals surface area contributed by atoms with Crippen molar-refractivity contribution in [3.05, 3.63) is 117 Å². The Labute approximate surface area is 293 Å². The summed E-state index contributed by atoms with van der Waals surface area (Å²) in [6.07, 6.45) is 0. The Balaban J connectivity index is 1.33. The van der Waals surface area contributed by atoms with Gasteiger partial charge in [-0.05, 0) is 84.3 Å². The molecule has 0 bridgehead atoms. The van der Waals surface area contributed by atoms with Gasteiger partial charge >= 0.3 is 0 Å². The van der Waals surface area contributed by atoms with Crippen molar-refractivity contribution in [3.63, 3.8) is 0 Å². The molecule has 0 amide bonds. The van der Waals surface area contributed by atoms with Crippen LogP contribution in [0.3, 0.4) is 0 Å². The van der Waals surface area contributed by atoms with Crippen molar-refractivity contribution in [2.75, 3.05) is 92.2 Å². The van der Waals surface area contributed by atoms with E-state index in [4.69, 9.17) is 28.4 Å². The van der Waals surface area contributed by atoms with E-state index in [1.54, 1.807) is 7.11 Å². The Bertz CT molecular complexity index is 1630. The Morgan fingerprint density at radius 3 is 1.51 bits per heavy atom. The predicted octanol–water partition coefficient (Wildman–Crippen LogP) is 7.44. The molecule has 1 aliphatic rings. The molecule has 7 heteroatoms. The lowest BCUT2D eigenvalue weighted by molar-refractivity contribution is -0.00977. The van der Waals surface area contributed by atoms with E-state index >= 15 is 0 Å². The van der Waals surface area contributed by atoms with E-state index in [0.717, 1.165) is 11.4 Å². The summed E-state index contributed by atoms with van der Waals surface area (Å²) < 4.78 is 33.9. The van der Waals surface area contributed by atoms with E-state index in [1.165, 1.54) is 55.6 Å². The van der Waals surface area contributed by atoms with Crippen molar-refractivity contribution < 1.29 is 28.4 Å². The van der Waals surface area contributed by atoms with Gasteiger partial charge in [0.15, 0.2) is 0 Å². The minimum Gasteiger partial charge on any atom is -0.489 e. The summed E-state index contributed by atoms with van der Waals surface area (Å²) in [5.74, 6) is 0.837. The van der Waals surface area contributed by atoms with Crippen LogP contribution >= 0.6 is 0 Å². The molecule has 49 heavy (non-hydrogen) atoms. The highest BCUT2D eigenvalue weighted by Gasteiger charge is 2.46. The van der Waals surface area contributed by atoms with Crippen molar-refractivity contribution in [1.29, 1.82) is 0 Å². The number of anilines is 1. The number of aryl methyl sites for hydroxylation is 4. The molecule has 262 valence electrons. The second-order valence-electron chi connectivity index (χ2n) is 13.0. The lowest BCUT2D eigenvalue weighted by atomic mass is 9.67. The zero-order valence-corrected chi connectivity index (χ0v) is 30.4. The first kappa shape index (κ1) is 36.6. The molecule has 4 aromatic carbocycles. The molecule has 0 unspecified atom stereocenters. The lowest BCUT2D eigenvalue weighted by Crippen LogP contribution is -2.29. The first-order chi connectivity index (χ1) is 23.8. The van der Waals surface area contributed by atoms with Gasteiger partial charge < -0.3 is 33.3 Å². The van der Waals surface area contributed by atoms with Crippen LogP contribution < -0.4 is 9.64 Å². The number of benzene rings is 4. The molecule has 1 aliphatic carbocycles. The molecule has 0 heterocycles. The maximum Gasteiger partial charge on any atom is 0.143 e. The molecule has 0 saturated carbocycles. The minimum absolute atomic E-state index is 0.429. The number of hydrogen-bond donors (Lipinski definition) is 0. The van der Waals surface area contributed by atoms with E-state index in [9.17, 15) is 0 Å². The van der Waals surface area contributed by atoms with Crippen LogP contribution in [0.2, 0.25) is 0 Å². The average Bonchev–Trinajstić information content (AvgIpc) is 3.36. The van der Waals surface area contributed by atoms with E-state index in [2.05, 4.69) is 119 Å². The van der Waals surface area contributed by atoms with Gasteiger partial charge in [-0.3, -0.25) is 0 Å². The molecule has 0 atom stereocenters. The van der Waals surface area contributed by atoms with E-state index in [1.807, 2.05) is 0 Å². The lowest BCUT2D eigenvalue weighted by Gasteiger charge is -2.35. The summed E-state index contributed by atoms with van der Waals surface area (Å²) in [7, 11) is 5.77. The summed E-state index contributed by atoms with van der Waals surface area (Å²) in [6.45, 7) is 14.0. The molecule has 5 rings (SSSR count). The van der Waals surface area contributed by atoms with Gasteiger partial charge in [-0.2, -0.15) is 0 Å². The molecule has 0 aromatic heterocycles. The summed E-state index contributed by atoms with van der Waals surface area (Å²) in [5, 5.41) is 0. The molecule has 0 spiro atoms. The summed E-state index contributed by atoms with van der Waals surface area (Å²) in [5.41, 5.74) is 13.2. The highest BCUT2D eigenvalue weighted by Crippen LogP contribution is 2.57. The number of hydrogen-bond acceptors (Lipinski definition) is 7. The Kier molecular flexibility index (Phi) is 12.9. The highest BCUT2D eigenvalue weighted by atomic mass is 16.6. The van der Waals surface area contributed by atoms with Crippen molar-refractivity contribution >= 4 is 5.69 Å². The third-order valence-corrected chi connectivity index (χ3v) is 9.30. The Hall–Kier alpha value is -3.72. The fourth-order valence-electron chi connectivity index (χ4n) is 6.66. The Morgan fingerprint density at radius 1 is 0.510 bits per heavy atom. The van der Waals surface area contributed by atoms with Crippen LogP contribution in [0.15, 0.2) is 72.8 Å². The molecule has 0 fully saturated rings. The molecule has 0 saturated heterocycles. The van der Waals surface area contributed by atoms with Gasteiger partial charge in [-0.1, -0.05) is 71.8 Å². The first-order valence-corrected chi connectivity index (χ1v) is 17.3. The van der Waals surface area contributed by atoms with Gasteiger partial charge in [0, 0.05) is 21.2 Å². The van der Waals surface area contributed by atoms with E-state index in [-0.39, 0.29) is 0 Å². The van der Waals surface area contributed by atoms with Crippen LogP contribution in [0, 0.1) is 27.7 Å². The number of rotatable bonds is 19. The van der Waals surface area contributed by atoms with Gasteiger partial charge in [0.25, 0.3) is 0 Å². The molecular formula is C42H53NO6. The van der Waals surface area contributed by atoms with Gasteiger partial charge in [0.2, 0.25) is 0 Å². The second-order valence-corrected chi connectivity index (χ2v) is 13.0. The van der Waals surface area contributed by atoms with Gasteiger partial charge in [0.05, 0.1) is 70.6 Å². The monoisotopic (exact) mass is 667 g/mol. The summed E-state index contributed by atoms with van der Waals surface area (Å²) in [4.78, 5) is 2.11. The van der Waals surface area contributed by atoms with Crippen molar-refractivity contribution in [3.8, 4) is 16.9 Å². The average molecular weight is 668 g/mol. The standard InChI is InChI=1S/C42H53NO6/c1-30-8-13-36-37-14-9-31(2)27-39(37)42(38(36)26-30,34-11-10-32(3)33(4)28-34)35-12-15-40(43(5)6)41(29-35)49-25-24-48-23-22-47-21-20-46-19-18-45-17-16-44-7/h8-15,26-29H,16-25H2,1-7H3. The maximum atomic E-state index is 6.51. The van der Waals surface area contributed by atoms with Crippen LogP contribution in [0.5, 0.6) is 5.75 Å². The zero-order chi connectivity index (χ0) is 34.8. The fourth-order valence-corrected chi connectivity index (χ4v) is 6.66.